The maximum absolute atomic E-state index is 12.6. The zero-order chi connectivity index (χ0) is 21.4. The van der Waals surface area contributed by atoms with Gasteiger partial charge in [0.25, 0.3) is 0 Å². The molecule has 2 N–H and O–H groups in total. The van der Waals surface area contributed by atoms with Crippen molar-refractivity contribution in [1.82, 2.24) is 15.0 Å². The molecular weight excluding hydrogens is 398 g/mol. The normalized spacial score (nSPS) is 12.3. The molecule has 0 saturated carbocycles. The van der Waals surface area contributed by atoms with Crippen LogP contribution in [0.4, 0.5) is 0 Å². The molecule has 3 aromatic rings. The van der Waals surface area contributed by atoms with Gasteiger partial charge in [-0.1, -0.05) is 42.5 Å². The average Bonchev–Trinajstić information content (AvgIpc) is 2.77. The fourth-order valence-corrected chi connectivity index (χ4v) is 4.23. The number of aromatic nitrogens is 1. The number of rotatable bonds is 9. The van der Waals surface area contributed by atoms with Crippen molar-refractivity contribution in [2.45, 2.75) is 37.2 Å². The second kappa shape index (κ2) is 10.1. The standard InChI is InChI=1S/C23H25N3O3S/c1-18(21-5-3-2-4-6-21)26-30(28,29)22-10-7-19(8-11-22)9-12-23(27)25-17-20-13-15-24-16-14-20/h2-8,10-11,13-16,18,26H,9,12,17H2,1H3,(H,25,27). The first-order valence-corrected chi connectivity index (χ1v) is 11.2. The molecule has 0 saturated heterocycles. The summed E-state index contributed by atoms with van der Waals surface area (Å²) >= 11 is 0. The van der Waals surface area contributed by atoms with Gasteiger partial charge in [-0.3, -0.25) is 9.78 Å². The smallest absolute Gasteiger partial charge is 0.241 e. The van der Waals surface area contributed by atoms with Crippen LogP contribution < -0.4 is 10.0 Å². The largest absolute Gasteiger partial charge is 0.352 e. The second-order valence-corrected chi connectivity index (χ2v) is 8.74. The van der Waals surface area contributed by atoms with Crippen molar-refractivity contribution in [3.05, 3.63) is 95.8 Å². The minimum atomic E-state index is -3.63. The molecule has 2 aromatic carbocycles. The number of pyridine rings is 1. The molecule has 30 heavy (non-hydrogen) atoms. The van der Waals surface area contributed by atoms with Crippen LogP contribution in [0.2, 0.25) is 0 Å². The second-order valence-electron chi connectivity index (χ2n) is 7.03. The summed E-state index contributed by atoms with van der Waals surface area (Å²) in [6.45, 7) is 2.27. The predicted molar refractivity (Wildman–Crippen MR) is 116 cm³/mol. The van der Waals surface area contributed by atoms with Crippen LogP contribution in [-0.4, -0.2) is 19.3 Å². The summed E-state index contributed by atoms with van der Waals surface area (Å²) in [7, 11) is -3.63. The van der Waals surface area contributed by atoms with Crippen molar-refractivity contribution >= 4 is 15.9 Å². The number of aryl methyl sites for hydroxylation is 1. The molecule has 1 heterocycles. The van der Waals surface area contributed by atoms with E-state index in [2.05, 4.69) is 15.0 Å². The van der Waals surface area contributed by atoms with Crippen LogP contribution in [0.15, 0.2) is 84.0 Å². The quantitative estimate of drug-likeness (QED) is 0.552. The van der Waals surface area contributed by atoms with Gasteiger partial charge in [0.1, 0.15) is 0 Å². The van der Waals surface area contributed by atoms with Crippen molar-refractivity contribution in [3.63, 3.8) is 0 Å². The van der Waals surface area contributed by atoms with Crippen LogP contribution in [0.3, 0.4) is 0 Å². The number of nitrogens with zero attached hydrogens (tertiary/aromatic N) is 1. The van der Waals surface area contributed by atoms with Crippen molar-refractivity contribution in [1.29, 1.82) is 0 Å². The summed E-state index contributed by atoms with van der Waals surface area (Å²) in [5.74, 6) is -0.0538. The Balaban J connectivity index is 1.52. The Morgan fingerprint density at radius 2 is 1.60 bits per heavy atom. The van der Waals surface area contributed by atoms with Crippen LogP contribution in [0.1, 0.15) is 36.1 Å². The number of carbonyl (C=O) groups is 1. The first-order valence-electron chi connectivity index (χ1n) is 9.76. The summed E-state index contributed by atoms with van der Waals surface area (Å²) in [4.78, 5) is 16.2. The number of amides is 1. The lowest BCUT2D eigenvalue weighted by Gasteiger charge is -2.15. The van der Waals surface area contributed by atoms with E-state index in [4.69, 9.17) is 0 Å². The van der Waals surface area contributed by atoms with Crippen LogP contribution in [-0.2, 0) is 27.8 Å². The number of sulfonamides is 1. The van der Waals surface area contributed by atoms with Gasteiger partial charge in [0.15, 0.2) is 0 Å². The summed E-state index contributed by atoms with van der Waals surface area (Å²) in [5.41, 5.74) is 2.80. The van der Waals surface area contributed by atoms with Gasteiger partial charge in [0.05, 0.1) is 4.90 Å². The molecule has 1 unspecified atom stereocenters. The minimum absolute atomic E-state index is 0.0538. The first-order chi connectivity index (χ1) is 14.4. The Morgan fingerprint density at radius 1 is 0.933 bits per heavy atom. The Hall–Kier alpha value is -3.03. The Morgan fingerprint density at radius 3 is 2.27 bits per heavy atom. The monoisotopic (exact) mass is 423 g/mol. The fraction of sp³-hybridized carbons (Fsp3) is 0.217. The molecule has 156 valence electrons. The zero-order valence-corrected chi connectivity index (χ0v) is 17.6. The fourth-order valence-electron chi connectivity index (χ4n) is 2.99. The lowest BCUT2D eigenvalue weighted by molar-refractivity contribution is -0.121. The lowest BCUT2D eigenvalue weighted by Crippen LogP contribution is -2.26. The molecule has 6 nitrogen and oxygen atoms in total. The highest BCUT2D eigenvalue weighted by Crippen LogP contribution is 2.17. The summed E-state index contributed by atoms with van der Waals surface area (Å²) in [5, 5.41) is 2.87. The summed E-state index contributed by atoms with van der Waals surface area (Å²) in [6, 6.07) is 19.4. The predicted octanol–water partition coefficient (Wildman–Crippen LogP) is 3.37. The zero-order valence-electron chi connectivity index (χ0n) is 16.8. The molecule has 0 fully saturated rings. The number of benzene rings is 2. The molecular formula is C23H25N3O3S. The van der Waals surface area contributed by atoms with E-state index in [1.54, 1.807) is 36.7 Å². The molecule has 0 aliphatic rings. The highest BCUT2D eigenvalue weighted by atomic mass is 32.2. The molecule has 7 heteroatoms. The number of nitrogens with one attached hydrogen (secondary N) is 2. The Bertz CT molecular complexity index is 1050. The number of hydrogen-bond acceptors (Lipinski definition) is 4. The van der Waals surface area contributed by atoms with Crippen molar-refractivity contribution < 1.29 is 13.2 Å². The SMILES string of the molecule is CC(NS(=O)(=O)c1ccc(CCC(=O)NCc2ccncc2)cc1)c1ccccc1. The molecule has 0 aliphatic heterocycles. The van der Waals surface area contributed by atoms with Gasteiger partial charge in [-0.15, -0.1) is 0 Å². The van der Waals surface area contributed by atoms with E-state index in [9.17, 15) is 13.2 Å². The van der Waals surface area contributed by atoms with Gasteiger partial charge in [-0.2, -0.15) is 0 Å². The molecule has 3 rings (SSSR count). The third-order valence-corrected chi connectivity index (χ3v) is 6.30. The molecule has 0 spiro atoms. The van der Waals surface area contributed by atoms with Gasteiger partial charge in [0.2, 0.25) is 15.9 Å². The maximum Gasteiger partial charge on any atom is 0.241 e. The van der Waals surface area contributed by atoms with Crippen LogP contribution in [0.5, 0.6) is 0 Å². The van der Waals surface area contributed by atoms with Gasteiger partial charge >= 0.3 is 0 Å². The molecule has 1 amide bonds. The Labute approximate surface area is 177 Å². The van der Waals surface area contributed by atoms with Gasteiger partial charge < -0.3 is 5.32 Å². The van der Waals surface area contributed by atoms with Gasteiger partial charge in [-0.05, 0) is 54.3 Å². The molecule has 0 bridgehead atoms. The van der Waals surface area contributed by atoms with Crippen LogP contribution in [0, 0.1) is 0 Å². The lowest BCUT2D eigenvalue weighted by atomic mass is 10.1. The van der Waals surface area contributed by atoms with E-state index in [-0.39, 0.29) is 16.8 Å². The van der Waals surface area contributed by atoms with E-state index in [0.717, 1.165) is 16.7 Å². The van der Waals surface area contributed by atoms with Gasteiger partial charge in [-0.25, -0.2) is 13.1 Å². The van der Waals surface area contributed by atoms with Crippen LogP contribution in [0.25, 0.3) is 0 Å². The number of carbonyl (C=O) groups excluding carboxylic acids is 1. The van der Waals surface area contributed by atoms with E-state index < -0.39 is 10.0 Å². The van der Waals surface area contributed by atoms with E-state index >= 15 is 0 Å². The molecule has 1 atom stereocenters. The molecule has 0 aliphatic carbocycles. The third kappa shape index (κ3) is 6.23. The maximum atomic E-state index is 12.6. The summed E-state index contributed by atoms with van der Waals surface area (Å²) in [6.07, 6.45) is 4.25. The summed E-state index contributed by atoms with van der Waals surface area (Å²) < 4.78 is 28.0. The van der Waals surface area contributed by atoms with Crippen molar-refractivity contribution in [3.8, 4) is 0 Å². The average molecular weight is 424 g/mol. The highest BCUT2D eigenvalue weighted by molar-refractivity contribution is 7.89. The molecule has 0 radical (unpaired) electrons. The highest BCUT2D eigenvalue weighted by Gasteiger charge is 2.18. The number of hydrogen-bond donors (Lipinski definition) is 2. The topological polar surface area (TPSA) is 88.2 Å². The Kier molecular flexibility index (Phi) is 7.32. The van der Waals surface area contributed by atoms with Crippen LogP contribution >= 0.6 is 0 Å². The van der Waals surface area contributed by atoms with Gasteiger partial charge in [0, 0.05) is 31.4 Å². The van der Waals surface area contributed by atoms with Crippen molar-refractivity contribution in [2.24, 2.45) is 0 Å². The van der Waals surface area contributed by atoms with Crippen molar-refractivity contribution in [2.75, 3.05) is 0 Å². The first kappa shape index (κ1) is 21.7. The minimum Gasteiger partial charge on any atom is -0.352 e. The molecule has 1 aromatic heterocycles. The third-order valence-electron chi connectivity index (χ3n) is 4.74. The van der Waals surface area contributed by atoms with E-state index in [0.29, 0.717) is 19.4 Å². The van der Waals surface area contributed by atoms with E-state index in [1.165, 1.54) is 0 Å². The van der Waals surface area contributed by atoms with E-state index in [1.807, 2.05) is 49.4 Å².